The lowest BCUT2D eigenvalue weighted by molar-refractivity contribution is 0.999. The monoisotopic (exact) mass is 393 g/mol. The van der Waals surface area contributed by atoms with Crippen LogP contribution in [0.15, 0.2) is 54.6 Å². The summed E-state index contributed by atoms with van der Waals surface area (Å²) < 4.78 is 0. The zero-order valence-electron chi connectivity index (χ0n) is 15.3. The summed E-state index contributed by atoms with van der Waals surface area (Å²) in [6, 6.07) is 18.4. The standard InChI is InChI=1S/C22H20ClN3S/c1-3-16-13-17-21(24-19-11-7-10-18(23)14(19)2)25-20(26-22(17)27-16)12-15-8-5-4-6-9-15/h4-11,13H,3,12H2,1-2H3,(H,24,25,26). The van der Waals surface area contributed by atoms with Crippen LogP contribution in [0.3, 0.4) is 0 Å². The summed E-state index contributed by atoms with van der Waals surface area (Å²) in [6.07, 6.45) is 1.70. The van der Waals surface area contributed by atoms with Gasteiger partial charge in [-0.25, -0.2) is 9.97 Å². The molecule has 0 spiro atoms. The Bertz CT molecular complexity index is 1090. The Morgan fingerprint density at radius 1 is 1.04 bits per heavy atom. The maximum absolute atomic E-state index is 6.29. The van der Waals surface area contributed by atoms with Crippen LogP contribution in [-0.2, 0) is 12.8 Å². The predicted molar refractivity (Wildman–Crippen MR) is 116 cm³/mol. The molecule has 0 atom stereocenters. The molecule has 0 saturated heterocycles. The number of nitrogens with zero attached hydrogens (tertiary/aromatic N) is 2. The third-order valence-electron chi connectivity index (χ3n) is 4.56. The first-order valence-electron chi connectivity index (χ1n) is 8.99. The van der Waals surface area contributed by atoms with Gasteiger partial charge in [0.2, 0.25) is 0 Å². The number of hydrogen-bond acceptors (Lipinski definition) is 4. The second kappa shape index (κ2) is 7.67. The van der Waals surface area contributed by atoms with Crippen molar-refractivity contribution in [3.8, 4) is 0 Å². The minimum atomic E-state index is 0.708. The molecular weight excluding hydrogens is 374 g/mol. The van der Waals surface area contributed by atoms with Gasteiger partial charge in [-0.05, 0) is 42.7 Å². The van der Waals surface area contributed by atoms with E-state index in [1.165, 1.54) is 10.4 Å². The summed E-state index contributed by atoms with van der Waals surface area (Å²) in [5.41, 5.74) is 3.19. The van der Waals surface area contributed by atoms with Crippen LogP contribution in [0, 0.1) is 6.92 Å². The molecule has 0 saturated carbocycles. The molecule has 0 aliphatic rings. The van der Waals surface area contributed by atoms with Crippen molar-refractivity contribution in [1.29, 1.82) is 0 Å². The molecular formula is C22H20ClN3S. The summed E-state index contributed by atoms with van der Waals surface area (Å²) in [6.45, 7) is 4.18. The highest BCUT2D eigenvalue weighted by Gasteiger charge is 2.13. The van der Waals surface area contributed by atoms with E-state index in [2.05, 4.69) is 30.4 Å². The smallest absolute Gasteiger partial charge is 0.142 e. The highest BCUT2D eigenvalue weighted by atomic mass is 35.5. The van der Waals surface area contributed by atoms with E-state index < -0.39 is 0 Å². The first-order valence-corrected chi connectivity index (χ1v) is 10.2. The molecule has 0 unspecified atom stereocenters. The Hall–Kier alpha value is -2.43. The van der Waals surface area contributed by atoms with Gasteiger partial charge in [0.25, 0.3) is 0 Å². The van der Waals surface area contributed by atoms with E-state index in [0.29, 0.717) is 6.42 Å². The molecule has 3 nitrogen and oxygen atoms in total. The van der Waals surface area contributed by atoms with Gasteiger partial charge in [-0.3, -0.25) is 0 Å². The van der Waals surface area contributed by atoms with Gasteiger partial charge in [0, 0.05) is 22.0 Å². The molecule has 5 heteroatoms. The molecule has 0 radical (unpaired) electrons. The van der Waals surface area contributed by atoms with E-state index in [4.69, 9.17) is 21.6 Å². The van der Waals surface area contributed by atoms with Crippen LogP contribution in [-0.4, -0.2) is 9.97 Å². The quantitative estimate of drug-likeness (QED) is 0.417. The van der Waals surface area contributed by atoms with Gasteiger partial charge in [0.15, 0.2) is 0 Å². The number of thiophene rings is 1. The van der Waals surface area contributed by atoms with Crippen molar-refractivity contribution in [3.05, 3.63) is 81.4 Å². The zero-order valence-corrected chi connectivity index (χ0v) is 16.9. The minimum absolute atomic E-state index is 0.708. The third kappa shape index (κ3) is 3.82. The number of fused-ring (bicyclic) bond motifs is 1. The maximum atomic E-state index is 6.29. The molecule has 2 heterocycles. The third-order valence-corrected chi connectivity index (χ3v) is 6.15. The summed E-state index contributed by atoms with van der Waals surface area (Å²) in [5, 5.41) is 5.30. The van der Waals surface area contributed by atoms with Crippen molar-refractivity contribution in [2.24, 2.45) is 0 Å². The fourth-order valence-electron chi connectivity index (χ4n) is 3.01. The van der Waals surface area contributed by atoms with Crippen molar-refractivity contribution < 1.29 is 0 Å². The van der Waals surface area contributed by atoms with Crippen molar-refractivity contribution in [3.63, 3.8) is 0 Å². The Labute approximate surface area is 168 Å². The molecule has 0 amide bonds. The fourth-order valence-corrected chi connectivity index (χ4v) is 4.17. The molecule has 2 aromatic carbocycles. The van der Waals surface area contributed by atoms with Crippen LogP contribution < -0.4 is 5.32 Å². The number of halogens is 1. The summed E-state index contributed by atoms with van der Waals surface area (Å²) in [5.74, 6) is 1.66. The number of anilines is 2. The first kappa shape index (κ1) is 18.0. The van der Waals surface area contributed by atoms with E-state index >= 15 is 0 Å². The number of hydrogen-bond donors (Lipinski definition) is 1. The van der Waals surface area contributed by atoms with Crippen molar-refractivity contribution in [2.45, 2.75) is 26.7 Å². The van der Waals surface area contributed by atoms with Crippen molar-refractivity contribution in [1.82, 2.24) is 9.97 Å². The predicted octanol–water partition coefficient (Wildman–Crippen LogP) is 6.55. The van der Waals surface area contributed by atoms with E-state index in [1.54, 1.807) is 11.3 Å². The van der Waals surface area contributed by atoms with Gasteiger partial charge in [-0.1, -0.05) is 54.9 Å². The normalized spacial score (nSPS) is 11.1. The fraction of sp³-hybridized carbons (Fsp3) is 0.182. The second-order valence-electron chi connectivity index (χ2n) is 6.47. The van der Waals surface area contributed by atoms with Crippen molar-refractivity contribution >= 4 is 44.7 Å². The van der Waals surface area contributed by atoms with E-state index in [1.807, 2.05) is 43.3 Å². The highest BCUT2D eigenvalue weighted by molar-refractivity contribution is 7.18. The molecule has 0 aliphatic carbocycles. The van der Waals surface area contributed by atoms with E-state index in [-0.39, 0.29) is 0 Å². The summed E-state index contributed by atoms with van der Waals surface area (Å²) in [7, 11) is 0. The Kier molecular flexibility index (Phi) is 5.10. The largest absolute Gasteiger partial charge is 0.339 e. The number of aromatic nitrogens is 2. The molecule has 4 aromatic rings. The lowest BCUT2D eigenvalue weighted by Crippen LogP contribution is -2.02. The maximum Gasteiger partial charge on any atom is 0.142 e. The van der Waals surface area contributed by atoms with Crippen molar-refractivity contribution in [2.75, 3.05) is 5.32 Å². The molecule has 0 bridgehead atoms. The number of benzene rings is 2. The van der Waals surface area contributed by atoms with Crippen LogP contribution in [0.25, 0.3) is 10.2 Å². The second-order valence-corrected chi connectivity index (χ2v) is 8.00. The zero-order chi connectivity index (χ0) is 18.8. The van der Waals surface area contributed by atoms with Gasteiger partial charge in [-0.2, -0.15) is 0 Å². The van der Waals surface area contributed by atoms with Crippen LogP contribution in [0.2, 0.25) is 5.02 Å². The first-order chi connectivity index (χ1) is 13.1. The summed E-state index contributed by atoms with van der Waals surface area (Å²) >= 11 is 8.03. The number of nitrogens with one attached hydrogen (secondary N) is 1. The lowest BCUT2D eigenvalue weighted by atomic mass is 10.1. The van der Waals surface area contributed by atoms with Crippen LogP contribution in [0.5, 0.6) is 0 Å². The molecule has 4 rings (SSSR count). The number of rotatable bonds is 5. The minimum Gasteiger partial charge on any atom is -0.339 e. The van der Waals surface area contributed by atoms with E-state index in [0.717, 1.165) is 44.6 Å². The highest BCUT2D eigenvalue weighted by Crippen LogP contribution is 2.33. The molecule has 2 aromatic heterocycles. The molecule has 0 aliphatic heterocycles. The SMILES string of the molecule is CCc1cc2c(Nc3cccc(Cl)c3C)nc(Cc3ccccc3)nc2s1. The van der Waals surface area contributed by atoms with Crippen LogP contribution >= 0.6 is 22.9 Å². The Balaban J connectivity index is 1.79. The van der Waals surface area contributed by atoms with Gasteiger partial charge in [0.1, 0.15) is 16.5 Å². The Morgan fingerprint density at radius 3 is 2.63 bits per heavy atom. The Morgan fingerprint density at radius 2 is 1.85 bits per heavy atom. The lowest BCUT2D eigenvalue weighted by Gasteiger charge is -2.12. The van der Waals surface area contributed by atoms with Gasteiger partial charge in [0.05, 0.1) is 5.39 Å². The average Bonchev–Trinajstić information content (AvgIpc) is 3.10. The molecule has 136 valence electrons. The molecule has 27 heavy (non-hydrogen) atoms. The molecule has 1 N–H and O–H groups in total. The topological polar surface area (TPSA) is 37.8 Å². The van der Waals surface area contributed by atoms with E-state index in [9.17, 15) is 0 Å². The number of aryl methyl sites for hydroxylation is 1. The van der Waals surface area contributed by atoms with Crippen LogP contribution in [0.4, 0.5) is 11.5 Å². The average molecular weight is 394 g/mol. The van der Waals surface area contributed by atoms with Crippen LogP contribution in [0.1, 0.15) is 28.8 Å². The van der Waals surface area contributed by atoms with Gasteiger partial charge < -0.3 is 5.32 Å². The summed E-state index contributed by atoms with van der Waals surface area (Å²) in [4.78, 5) is 12.0. The van der Waals surface area contributed by atoms with Gasteiger partial charge in [-0.15, -0.1) is 11.3 Å². The molecule has 0 fully saturated rings. The van der Waals surface area contributed by atoms with Gasteiger partial charge >= 0.3 is 0 Å².